The summed E-state index contributed by atoms with van der Waals surface area (Å²) in [5, 5.41) is 3.37. The van der Waals surface area contributed by atoms with Gasteiger partial charge < -0.3 is 15.0 Å². The molecular formula is C35H38ClN3O5S. The summed E-state index contributed by atoms with van der Waals surface area (Å²) in [6.45, 7) is 7.39. The Kier molecular flexibility index (Phi) is 11.3. The van der Waals surface area contributed by atoms with Crippen molar-refractivity contribution >= 4 is 39.1 Å². The van der Waals surface area contributed by atoms with Gasteiger partial charge in [0, 0.05) is 18.1 Å². The maximum Gasteiger partial charge on any atom is 0.264 e. The molecule has 4 rings (SSSR count). The van der Waals surface area contributed by atoms with Crippen LogP contribution in [0.15, 0.2) is 108 Å². The van der Waals surface area contributed by atoms with E-state index >= 15 is 0 Å². The van der Waals surface area contributed by atoms with E-state index in [1.807, 2.05) is 51.1 Å². The molecule has 0 fully saturated rings. The standard InChI is InChI=1S/C35H38ClN3O5S/c1-25(2)22-37-35(41)27(4)38(23-28-9-8-10-29(36)21-28)34(40)24-39(45(42,43)33-19-13-26(3)14-20-33)30-15-17-32(18-16-30)44-31-11-6-5-7-12-31/h5-21,25,27H,22-24H2,1-4H3,(H,37,41)/t27-/m0/s1. The third kappa shape index (κ3) is 9.09. The molecular weight excluding hydrogens is 610 g/mol. The average molecular weight is 648 g/mol. The maximum atomic E-state index is 14.1. The lowest BCUT2D eigenvalue weighted by Gasteiger charge is -2.32. The molecule has 0 aliphatic heterocycles. The number of nitrogens with zero attached hydrogens (tertiary/aromatic N) is 2. The highest BCUT2D eigenvalue weighted by Crippen LogP contribution is 2.29. The number of carbonyl (C=O) groups excluding carboxylic acids is 2. The van der Waals surface area contributed by atoms with E-state index in [9.17, 15) is 18.0 Å². The first-order valence-corrected chi connectivity index (χ1v) is 16.5. The van der Waals surface area contributed by atoms with Crippen LogP contribution in [0, 0.1) is 12.8 Å². The molecule has 0 aromatic heterocycles. The van der Waals surface area contributed by atoms with E-state index < -0.39 is 28.5 Å². The molecule has 0 saturated carbocycles. The summed E-state index contributed by atoms with van der Waals surface area (Å²) in [6.07, 6.45) is 0. The second kappa shape index (κ2) is 15.1. The van der Waals surface area contributed by atoms with Crippen LogP contribution >= 0.6 is 11.6 Å². The number of ether oxygens (including phenoxy) is 1. The average Bonchev–Trinajstić information content (AvgIpc) is 3.02. The molecule has 0 radical (unpaired) electrons. The first-order valence-electron chi connectivity index (χ1n) is 14.7. The second-order valence-corrected chi connectivity index (χ2v) is 13.5. The molecule has 1 N–H and O–H groups in total. The van der Waals surface area contributed by atoms with Gasteiger partial charge in [-0.2, -0.15) is 0 Å². The van der Waals surface area contributed by atoms with E-state index in [1.54, 1.807) is 67.6 Å². The van der Waals surface area contributed by atoms with Gasteiger partial charge >= 0.3 is 0 Å². The number of benzene rings is 4. The van der Waals surface area contributed by atoms with E-state index in [0.717, 1.165) is 9.87 Å². The third-order valence-electron chi connectivity index (χ3n) is 7.09. The van der Waals surface area contributed by atoms with Crippen LogP contribution < -0.4 is 14.4 Å². The van der Waals surface area contributed by atoms with E-state index in [4.69, 9.17) is 16.3 Å². The quantitative estimate of drug-likeness (QED) is 0.172. The molecule has 10 heteroatoms. The Morgan fingerprint density at radius 2 is 1.49 bits per heavy atom. The SMILES string of the molecule is Cc1ccc(S(=O)(=O)N(CC(=O)N(Cc2cccc(Cl)c2)[C@@H](C)C(=O)NCC(C)C)c2ccc(Oc3ccccc3)cc2)cc1. The van der Waals surface area contributed by atoms with Gasteiger partial charge in [0.2, 0.25) is 11.8 Å². The van der Waals surface area contributed by atoms with Crippen LogP contribution in [0.1, 0.15) is 31.9 Å². The number of aryl methyl sites for hydroxylation is 1. The number of para-hydroxylation sites is 1. The summed E-state index contributed by atoms with van der Waals surface area (Å²) in [5.74, 6) is 0.451. The van der Waals surface area contributed by atoms with Crippen LogP contribution in [0.3, 0.4) is 0 Å². The molecule has 0 aliphatic rings. The lowest BCUT2D eigenvalue weighted by molar-refractivity contribution is -0.139. The van der Waals surface area contributed by atoms with Gasteiger partial charge in [-0.05, 0) is 86.0 Å². The fourth-order valence-electron chi connectivity index (χ4n) is 4.54. The molecule has 0 aliphatic carbocycles. The van der Waals surface area contributed by atoms with Crippen molar-refractivity contribution in [2.24, 2.45) is 5.92 Å². The number of sulfonamides is 1. The normalized spacial score (nSPS) is 12.0. The number of hydrogen-bond donors (Lipinski definition) is 1. The largest absolute Gasteiger partial charge is 0.457 e. The van der Waals surface area contributed by atoms with Gasteiger partial charge in [0.15, 0.2) is 0 Å². The molecule has 0 saturated heterocycles. The zero-order chi connectivity index (χ0) is 32.6. The molecule has 45 heavy (non-hydrogen) atoms. The fraction of sp³-hybridized carbons (Fsp3) is 0.257. The minimum atomic E-state index is -4.19. The minimum Gasteiger partial charge on any atom is -0.457 e. The highest BCUT2D eigenvalue weighted by Gasteiger charge is 2.32. The van der Waals surface area contributed by atoms with Crippen molar-refractivity contribution in [3.63, 3.8) is 0 Å². The van der Waals surface area contributed by atoms with Gasteiger partial charge in [0.25, 0.3) is 10.0 Å². The summed E-state index contributed by atoms with van der Waals surface area (Å²) in [7, 11) is -4.19. The highest BCUT2D eigenvalue weighted by atomic mass is 35.5. The first-order chi connectivity index (χ1) is 21.4. The van der Waals surface area contributed by atoms with Gasteiger partial charge in [0.05, 0.1) is 10.6 Å². The van der Waals surface area contributed by atoms with Crippen molar-refractivity contribution in [1.82, 2.24) is 10.2 Å². The summed E-state index contributed by atoms with van der Waals surface area (Å²) < 4.78 is 35.1. The Balaban J connectivity index is 1.69. The lowest BCUT2D eigenvalue weighted by atomic mass is 10.1. The number of anilines is 1. The summed E-state index contributed by atoms with van der Waals surface area (Å²) in [4.78, 5) is 28.7. The molecule has 4 aromatic rings. The number of hydrogen-bond acceptors (Lipinski definition) is 5. The van der Waals surface area contributed by atoms with E-state index in [-0.39, 0.29) is 29.0 Å². The van der Waals surface area contributed by atoms with Crippen molar-refractivity contribution in [3.05, 3.63) is 119 Å². The van der Waals surface area contributed by atoms with E-state index in [2.05, 4.69) is 5.32 Å². The first kappa shape index (κ1) is 33.6. The number of carbonyl (C=O) groups is 2. The van der Waals surface area contributed by atoms with E-state index in [0.29, 0.717) is 28.6 Å². The summed E-state index contributed by atoms with van der Waals surface area (Å²) >= 11 is 6.22. The minimum absolute atomic E-state index is 0.0367. The van der Waals surface area contributed by atoms with Crippen LogP contribution in [0.25, 0.3) is 0 Å². The molecule has 0 heterocycles. The smallest absolute Gasteiger partial charge is 0.264 e. The van der Waals surface area contributed by atoms with Gasteiger partial charge in [0.1, 0.15) is 24.1 Å². The van der Waals surface area contributed by atoms with Crippen molar-refractivity contribution in [2.45, 2.75) is 45.2 Å². The Morgan fingerprint density at radius 1 is 0.844 bits per heavy atom. The molecule has 8 nitrogen and oxygen atoms in total. The predicted octanol–water partition coefficient (Wildman–Crippen LogP) is 6.83. The number of nitrogens with one attached hydrogen (secondary N) is 1. The Bertz CT molecular complexity index is 1700. The summed E-state index contributed by atoms with van der Waals surface area (Å²) in [6, 6.07) is 28.2. The van der Waals surface area contributed by atoms with Crippen molar-refractivity contribution in [1.29, 1.82) is 0 Å². The van der Waals surface area contributed by atoms with Gasteiger partial charge in [-0.15, -0.1) is 0 Å². The number of halogens is 1. The third-order valence-corrected chi connectivity index (χ3v) is 9.11. The van der Waals surface area contributed by atoms with Crippen molar-refractivity contribution in [2.75, 3.05) is 17.4 Å². The Hall–Kier alpha value is -4.34. The van der Waals surface area contributed by atoms with Gasteiger partial charge in [-0.25, -0.2) is 8.42 Å². The highest BCUT2D eigenvalue weighted by molar-refractivity contribution is 7.92. The molecule has 0 bridgehead atoms. The van der Waals surface area contributed by atoms with Crippen LogP contribution in [0.4, 0.5) is 5.69 Å². The molecule has 4 aromatic carbocycles. The monoisotopic (exact) mass is 647 g/mol. The van der Waals surface area contributed by atoms with Gasteiger partial charge in [-0.3, -0.25) is 13.9 Å². The number of amides is 2. The van der Waals surface area contributed by atoms with E-state index in [1.165, 1.54) is 17.0 Å². The predicted molar refractivity (Wildman–Crippen MR) is 178 cm³/mol. The fourth-order valence-corrected chi connectivity index (χ4v) is 6.17. The van der Waals surface area contributed by atoms with Crippen LogP contribution in [0.2, 0.25) is 5.02 Å². The lowest BCUT2D eigenvalue weighted by Crippen LogP contribution is -2.51. The van der Waals surface area contributed by atoms with Gasteiger partial charge in [-0.1, -0.05) is 73.5 Å². The zero-order valence-electron chi connectivity index (χ0n) is 25.8. The molecule has 0 spiro atoms. The van der Waals surface area contributed by atoms with Crippen LogP contribution in [-0.2, 0) is 26.2 Å². The molecule has 236 valence electrons. The van der Waals surface area contributed by atoms with Crippen molar-refractivity contribution < 1.29 is 22.7 Å². The Morgan fingerprint density at radius 3 is 2.11 bits per heavy atom. The topological polar surface area (TPSA) is 96.0 Å². The van der Waals surface area contributed by atoms with Crippen LogP contribution in [0.5, 0.6) is 11.5 Å². The summed E-state index contributed by atoms with van der Waals surface area (Å²) in [5.41, 5.74) is 1.87. The molecule has 1 atom stereocenters. The molecule has 0 unspecified atom stereocenters. The Labute approximate surface area is 270 Å². The maximum absolute atomic E-state index is 14.1. The van der Waals surface area contributed by atoms with Crippen LogP contribution in [-0.4, -0.2) is 44.3 Å². The zero-order valence-corrected chi connectivity index (χ0v) is 27.4. The second-order valence-electron chi connectivity index (χ2n) is 11.2. The van der Waals surface area contributed by atoms with Crippen molar-refractivity contribution in [3.8, 4) is 11.5 Å². The molecule has 2 amide bonds. The number of rotatable bonds is 13.